The Morgan fingerprint density at radius 2 is 1.55 bits per heavy atom. The lowest BCUT2D eigenvalue weighted by atomic mass is 10.1. The summed E-state index contributed by atoms with van der Waals surface area (Å²) in [7, 11) is -0.502. The minimum atomic E-state index is -3.59. The van der Waals surface area contributed by atoms with Crippen molar-refractivity contribution in [3.05, 3.63) is 83.9 Å². The van der Waals surface area contributed by atoms with E-state index in [-0.39, 0.29) is 17.2 Å². The van der Waals surface area contributed by atoms with Gasteiger partial charge >= 0.3 is 0 Å². The Morgan fingerprint density at radius 3 is 2.21 bits per heavy atom. The van der Waals surface area contributed by atoms with Crippen molar-refractivity contribution in [2.45, 2.75) is 24.2 Å². The van der Waals surface area contributed by atoms with Crippen LogP contribution in [0.3, 0.4) is 0 Å². The monoisotopic (exact) mass is 468 g/mol. The molecule has 0 saturated carbocycles. The summed E-state index contributed by atoms with van der Waals surface area (Å²) >= 11 is 0. The number of sulfonamides is 1. The van der Waals surface area contributed by atoms with Crippen molar-refractivity contribution in [2.75, 3.05) is 26.1 Å². The lowest BCUT2D eigenvalue weighted by molar-refractivity contribution is -0.116. The number of aryl methyl sites for hydroxylation is 1. The van der Waals surface area contributed by atoms with Gasteiger partial charge in [0.15, 0.2) is 0 Å². The molecule has 0 aliphatic heterocycles. The SMILES string of the molecule is COc1ccc(NC(=O)CCc2ccc(S(=O)(=O)NCCc3ccccc3)cc2)c(OC)c1. The summed E-state index contributed by atoms with van der Waals surface area (Å²) in [6.07, 6.45) is 1.34. The van der Waals surface area contributed by atoms with E-state index in [1.807, 2.05) is 30.3 Å². The second kappa shape index (κ2) is 11.5. The summed E-state index contributed by atoms with van der Waals surface area (Å²) in [6, 6.07) is 21.4. The van der Waals surface area contributed by atoms with Crippen molar-refractivity contribution in [3.8, 4) is 11.5 Å². The lowest BCUT2D eigenvalue weighted by Crippen LogP contribution is -2.26. The summed E-state index contributed by atoms with van der Waals surface area (Å²) in [5.41, 5.74) is 2.50. The molecule has 7 nitrogen and oxygen atoms in total. The van der Waals surface area contributed by atoms with Gasteiger partial charge in [0.2, 0.25) is 15.9 Å². The fourth-order valence-corrected chi connectivity index (χ4v) is 4.30. The van der Waals surface area contributed by atoms with E-state index in [1.165, 1.54) is 7.11 Å². The standard InChI is InChI=1S/C25H28N2O5S/c1-31-21-11-14-23(24(18-21)32-2)27-25(28)15-10-20-8-12-22(13-9-20)33(29,30)26-17-16-19-6-4-3-5-7-19/h3-9,11-14,18,26H,10,15-17H2,1-2H3,(H,27,28). The van der Waals surface area contributed by atoms with E-state index in [1.54, 1.807) is 49.6 Å². The molecule has 0 radical (unpaired) electrons. The number of carbonyl (C=O) groups excluding carboxylic acids is 1. The number of rotatable bonds is 11. The van der Waals surface area contributed by atoms with Crippen LogP contribution in [0.2, 0.25) is 0 Å². The fourth-order valence-electron chi connectivity index (χ4n) is 3.27. The van der Waals surface area contributed by atoms with Crippen LogP contribution < -0.4 is 19.5 Å². The Bertz CT molecular complexity index is 1160. The van der Waals surface area contributed by atoms with E-state index in [9.17, 15) is 13.2 Å². The molecule has 0 heterocycles. The molecule has 174 valence electrons. The van der Waals surface area contributed by atoms with Crippen molar-refractivity contribution in [1.82, 2.24) is 4.72 Å². The zero-order chi connectivity index (χ0) is 23.7. The highest BCUT2D eigenvalue weighted by Gasteiger charge is 2.14. The number of hydrogen-bond acceptors (Lipinski definition) is 5. The largest absolute Gasteiger partial charge is 0.497 e. The molecule has 3 aromatic carbocycles. The number of nitrogens with one attached hydrogen (secondary N) is 2. The number of carbonyl (C=O) groups is 1. The Hall–Kier alpha value is -3.36. The zero-order valence-corrected chi connectivity index (χ0v) is 19.5. The van der Waals surface area contributed by atoms with Crippen molar-refractivity contribution < 1.29 is 22.7 Å². The third-order valence-electron chi connectivity index (χ3n) is 5.11. The first-order valence-electron chi connectivity index (χ1n) is 10.6. The first-order chi connectivity index (χ1) is 15.9. The van der Waals surface area contributed by atoms with Gasteiger partial charge in [-0.15, -0.1) is 0 Å². The molecule has 3 rings (SSSR count). The molecule has 0 aromatic heterocycles. The molecule has 0 fully saturated rings. The minimum Gasteiger partial charge on any atom is -0.497 e. The van der Waals surface area contributed by atoms with Gasteiger partial charge in [-0.1, -0.05) is 42.5 Å². The van der Waals surface area contributed by atoms with Crippen LogP contribution >= 0.6 is 0 Å². The Labute approximate surface area is 194 Å². The molecule has 0 unspecified atom stereocenters. The molecule has 3 aromatic rings. The first-order valence-corrected chi connectivity index (χ1v) is 12.0. The van der Waals surface area contributed by atoms with Gasteiger partial charge in [0.1, 0.15) is 11.5 Å². The molecule has 0 aliphatic carbocycles. The summed E-state index contributed by atoms with van der Waals surface area (Å²) < 4.78 is 38.1. The average Bonchev–Trinajstić information content (AvgIpc) is 2.84. The number of methoxy groups -OCH3 is 2. The smallest absolute Gasteiger partial charge is 0.240 e. The van der Waals surface area contributed by atoms with E-state index in [0.717, 1.165) is 11.1 Å². The van der Waals surface area contributed by atoms with Crippen LogP contribution in [0, 0.1) is 0 Å². The van der Waals surface area contributed by atoms with Crippen LogP contribution in [0.4, 0.5) is 5.69 Å². The van der Waals surface area contributed by atoms with Crippen molar-refractivity contribution in [2.24, 2.45) is 0 Å². The maximum Gasteiger partial charge on any atom is 0.240 e. The van der Waals surface area contributed by atoms with Crippen molar-refractivity contribution in [3.63, 3.8) is 0 Å². The van der Waals surface area contributed by atoms with Gasteiger partial charge in [-0.3, -0.25) is 4.79 Å². The predicted octanol–water partition coefficient (Wildman–Crippen LogP) is 3.80. The van der Waals surface area contributed by atoms with E-state index in [0.29, 0.717) is 36.6 Å². The molecule has 2 N–H and O–H groups in total. The van der Waals surface area contributed by atoms with Crippen LogP contribution in [0.1, 0.15) is 17.5 Å². The zero-order valence-electron chi connectivity index (χ0n) is 18.7. The Kier molecular flexibility index (Phi) is 8.46. The van der Waals surface area contributed by atoms with Gasteiger partial charge in [0.25, 0.3) is 0 Å². The number of anilines is 1. The van der Waals surface area contributed by atoms with Crippen LogP contribution in [0.25, 0.3) is 0 Å². The molecule has 33 heavy (non-hydrogen) atoms. The minimum absolute atomic E-state index is 0.169. The predicted molar refractivity (Wildman–Crippen MR) is 128 cm³/mol. The summed E-state index contributed by atoms with van der Waals surface area (Å²) in [6.45, 7) is 0.323. The molecule has 8 heteroatoms. The fraction of sp³-hybridized carbons (Fsp3) is 0.240. The number of amides is 1. The highest BCUT2D eigenvalue weighted by atomic mass is 32.2. The van der Waals surface area contributed by atoms with E-state index in [2.05, 4.69) is 10.0 Å². The number of benzene rings is 3. The lowest BCUT2D eigenvalue weighted by Gasteiger charge is -2.12. The molecule has 0 atom stereocenters. The molecule has 0 aliphatic rings. The van der Waals surface area contributed by atoms with Gasteiger partial charge in [0, 0.05) is 19.0 Å². The van der Waals surface area contributed by atoms with Crippen LogP contribution in [0.15, 0.2) is 77.7 Å². The topological polar surface area (TPSA) is 93.7 Å². The number of hydrogen-bond donors (Lipinski definition) is 2. The summed E-state index contributed by atoms with van der Waals surface area (Å²) in [4.78, 5) is 12.6. The maximum atomic E-state index is 12.5. The molecule has 0 bridgehead atoms. The van der Waals surface area contributed by atoms with Gasteiger partial charge in [0.05, 0.1) is 24.8 Å². The Balaban J connectivity index is 1.51. The first kappa shape index (κ1) is 24.3. The molecule has 0 saturated heterocycles. The second-order valence-electron chi connectivity index (χ2n) is 7.39. The summed E-state index contributed by atoms with van der Waals surface area (Å²) in [5, 5.41) is 2.83. The van der Waals surface area contributed by atoms with Gasteiger partial charge < -0.3 is 14.8 Å². The third-order valence-corrected chi connectivity index (χ3v) is 6.58. The normalized spacial score (nSPS) is 11.1. The van der Waals surface area contributed by atoms with E-state index < -0.39 is 10.0 Å². The quantitative estimate of drug-likeness (QED) is 0.447. The highest BCUT2D eigenvalue weighted by Crippen LogP contribution is 2.29. The van der Waals surface area contributed by atoms with Crippen LogP contribution in [0.5, 0.6) is 11.5 Å². The molecular formula is C25H28N2O5S. The Morgan fingerprint density at radius 1 is 0.848 bits per heavy atom. The van der Waals surface area contributed by atoms with Gasteiger partial charge in [-0.05, 0) is 48.2 Å². The average molecular weight is 469 g/mol. The second-order valence-corrected chi connectivity index (χ2v) is 9.16. The molecule has 1 amide bonds. The van der Waals surface area contributed by atoms with Crippen LogP contribution in [-0.4, -0.2) is 35.1 Å². The van der Waals surface area contributed by atoms with Crippen molar-refractivity contribution >= 4 is 21.6 Å². The van der Waals surface area contributed by atoms with Crippen LogP contribution in [-0.2, 0) is 27.7 Å². The highest BCUT2D eigenvalue weighted by molar-refractivity contribution is 7.89. The van der Waals surface area contributed by atoms with Gasteiger partial charge in [-0.25, -0.2) is 13.1 Å². The van der Waals surface area contributed by atoms with Gasteiger partial charge in [-0.2, -0.15) is 0 Å². The van der Waals surface area contributed by atoms with E-state index in [4.69, 9.17) is 9.47 Å². The number of ether oxygens (including phenoxy) is 2. The maximum absolute atomic E-state index is 12.5. The van der Waals surface area contributed by atoms with E-state index >= 15 is 0 Å². The summed E-state index contributed by atoms with van der Waals surface area (Å²) in [5.74, 6) is 0.976. The molecule has 0 spiro atoms. The third kappa shape index (κ3) is 7.06. The molecular weight excluding hydrogens is 440 g/mol. The van der Waals surface area contributed by atoms with Crippen molar-refractivity contribution in [1.29, 1.82) is 0 Å².